The van der Waals surface area contributed by atoms with Gasteiger partial charge in [0.15, 0.2) is 0 Å². The first-order chi connectivity index (χ1) is 14.6. The van der Waals surface area contributed by atoms with Crippen molar-refractivity contribution >= 4 is 5.69 Å². The molecule has 1 saturated heterocycles. The number of aliphatic hydroxyl groups is 1. The van der Waals surface area contributed by atoms with Gasteiger partial charge in [-0.05, 0) is 48.2 Å². The van der Waals surface area contributed by atoms with Crippen LogP contribution in [0.15, 0.2) is 42.5 Å². The number of aryl methyl sites for hydroxylation is 1. The SMILES string of the molecule is Cc1ccc(C(C)C)c(OCC(O)CN2CCN(c3cccc(C(F)(F)F)c3)CC2)c1. The van der Waals surface area contributed by atoms with Crippen LogP contribution in [0.1, 0.15) is 36.5 Å². The summed E-state index contributed by atoms with van der Waals surface area (Å²) in [6.07, 6.45) is -4.98. The molecule has 1 N–H and O–H groups in total. The molecule has 0 spiro atoms. The van der Waals surface area contributed by atoms with Crippen molar-refractivity contribution in [3.63, 3.8) is 0 Å². The molecule has 0 bridgehead atoms. The van der Waals surface area contributed by atoms with Crippen LogP contribution in [-0.2, 0) is 6.18 Å². The minimum absolute atomic E-state index is 0.205. The molecule has 7 heteroatoms. The van der Waals surface area contributed by atoms with Crippen molar-refractivity contribution in [2.45, 2.75) is 39.0 Å². The van der Waals surface area contributed by atoms with Crippen LogP contribution in [0.5, 0.6) is 5.75 Å². The van der Waals surface area contributed by atoms with Crippen molar-refractivity contribution in [3.8, 4) is 5.75 Å². The van der Waals surface area contributed by atoms with Crippen LogP contribution in [0.2, 0.25) is 0 Å². The highest BCUT2D eigenvalue weighted by Gasteiger charge is 2.31. The molecular weight excluding hydrogens is 405 g/mol. The molecule has 1 heterocycles. The molecule has 1 aliphatic heterocycles. The molecule has 0 saturated carbocycles. The second-order valence-electron chi connectivity index (χ2n) is 8.50. The van der Waals surface area contributed by atoms with E-state index in [1.807, 2.05) is 17.9 Å². The number of β-amino-alcohol motifs (C(OH)–C–C–N with tert-alkyl or cyclic N) is 1. The van der Waals surface area contributed by atoms with E-state index in [9.17, 15) is 18.3 Å². The number of hydrogen-bond acceptors (Lipinski definition) is 4. The van der Waals surface area contributed by atoms with Gasteiger partial charge in [-0.3, -0.25) is 4.90 Å². The van der Waals surface area contributed by atoms with Gasteiger partial charge < -0.3 is 14.7 Å². The standard InChI is InChI=1S/C24H31F3N2O2/c1-17(2)22-8-7-18(3)13-23(22)31-16-21(30)15-28-9-11-29(12-10-28)20-6-4-5-19(14-20)24(25,26)27/h4-8,13-14,17,21,30H,9-12,15-16H2,1-3H3. The number of anilines is 1. The molecule has 1 unspecified atom stereocenters. The number of nitrogens with zero attached hydrogens (tertiary/aromatic N) is 2. The first-order valence-electron chi connectivity index (χ1n) is 10.7. The van der Waals surface area contributed by atoms with Gasteiger partial charge in [0, 0.05) is 38.4 Å². The Kier molecular flexibility index (Phi) is 7.49. The van der Waals surface area contributed by atoms with Gasteiger partial charge >= 0.3 is 6.18 Å². The van der Waals surface area contributed by atoms with Gasteiger partial charge in [-0.25, -0.2) is 0 Å². The van der Waals surface area contributed by atoms with E-state index in [1.165, 1.54) is 12.1 Å². The zero-order chi connectivity index (χ0) is 22.6. The monoisotopic (exact) mass is 436 g/mol. The van der Waals surface area contributed by atoms with E-state index in [1.54, 1.807) is 6.07 Å². The summed E-state index contributed by atoms with van der Waals surface area (Å²) in [6, 6.07) is 11.6. The van der Waals surface area contributed by atoms with Gasteiger partial charge in [0.1, 0.15) is 18.5 Å². The zero-order valence-electron chi connectivity index (χ0n) is 18.3. The minimum Gasteiger partial charge on any atom is -0.491 e. The van der Waals surface area contributed by atoms with Crippen molar-refractivity contribution < 1.29 is 23.0 Å². The number of benzene rings is 2. The topological polar surface area (TPSA) is 35.9 Å². The summed E-state index contributed by atoms with van der Waals surface area (Å²) in [5, 5.41) is 10.5. The molecule has 3 rings (SSSR count). The molecule has 0 aromatic heterocycles. The fourth-order valence-electron chi connectivity index (χ4n) is 3.85. The van der Waals surface area contributed by atoms with Gasteiger partial charge in [0.25, 0.3) is 0 Å². The maximum atomic E-state index is 13.0. The van der Waals surface area contributed by atoms with Crippen molar-refractivity contribution in [1.29, 1.82) is 0 Å². The number of rotatable bonds is 7. The Bertz CT molecular complexity index is 862. The van der Waals surface area contributed by atoms with Gasteiger partial charge in [-0.1, -0.05) is 32.0 Å². The number of ether oxygens (including phenoxy) is 1. The first kappa shape index (κ1) is 23.4. The lowest BCUT2D eigenvalue weighted by Crippen LogP contribution is -2.49. The van der Waals surface area contributed by atoms with Gasteiger partial charge in [-0.2, -0.15) is 13.2 Å². The molecule has 2 aromatic rings. The molecule has 4 nitrogen and oxygen atoms in total. The van der Waals surface area contributed by atoms with Gasteiger partial charge in [-0.15, -0.1) is 0 Å². The molecule has 1 aliphatic rings. The molecule has 170 valence electrons. The second-order valence-corrected chi connectivity index (χ2v) is 8.50. The summed E-state index contributed by atoms with van der Waals surface area (Å²) in [6.45, 7) is 9.49. The third-order valence-electron chi connectivity index (χ3n) is 5.60. The van der Waals surface area contributed by atoms with Crippen LogP contribution in [-0.4, -0.2) is 55.4 Å². The van der Waals surface area contributed by atoms with Gasteiger partial charge in [0.05, 0.1) is 5.56 Å². The van der Waals surface area contributed by atoms with E-state index in [0.29, 0.717) is 44.3 Å². The van der Waals surface area contributed by atoms with Crippen LogP contribution >= 0.6 is 0 Å². The molecule has 31 heavy (non-hydrogen) atoms. The Morgan fingerprint density at radius 1 is 1.03 bits per heavy atom. The van der Waals surface area contributed by atoms with E-state index in [-0.39, 0.29) is 6.61 Å². The van der Waals surface area contributed by atoms with E-state index in [0.717, 1.165) is 22.9 Å². The lowest BCUT2D eigenvalue weighted by atomic mass is 10.0. The average Bonchev–Trinajstić information content (AvgIpc) is 2.72. The zero-order valence-corrected chi connectivity index (χ0v) is 18.3. The number of halogens is 3. The Labute approximate surface area is 182 Å². The highest BCUT2D eigenvalue weighted by atomic mass is 19.4. The summed E-state index contributed by atoms with van der Waals surface area (Å²) in [4.78, 5) is 4.08. The highest BCUT2D eigenvalue weighted by Crippen LogP contribution is 2.32. The fourth-order valence-corrected chi connectivity index (χ4v) is 3.85. The molecule has 0 radical (unpaired) electrons. The predicted molar refractivity (Wildman–Crippen MR) is 117 cm³/mol. The summed E-state index contributed by atoms with van der Waals surface area (Å²) >= 11 is 0. The normalized spacial score (nSPS) is 16.6. The van der Waals surface area contributed by atoms with Crippen LogP contribution in [0.25, 0.3) is 0 Å². The van der Waals surface area contributed by atoms with Crippen molar-refractivity contribution in [3.05, 3.63) is 59.2 Å². The van der Waals surface area contributed by atoms with Crippen LogP contribution < -0.4 is 9.64 Å². The Hall–Kier alpha value is -2.25. The third-order valence-corrected chi connectivity index (χ3v) is 5.60. The third kappa shape index (κ3) is 6.37. The summed E-state index contributed by atoms with van der Waals surface area (Å²) in [7, 11) is 0. The Balaban J connectivity index is 1.50. The smallest absolute Gasteiger partial charge is 0.416 e. The number of aliphatic hydroxyl groups excluding tert-OH is 1. The number of alkyl halides is 3. The van der Waals surface area contributed by atoms with E-state index >= 15 is 0 Å². The molecule has 1 fully saturated rings. The molecular formula is C24H31F3N2O2. The highest BCUT2D eigenvalue weighted by molar-refractivity contribution is 5.49. The van der Waals surface area contributed by atoms with E-state index < -0.39 is 17.8 Å². The summed E-state index contributed by atoms with van der Waals surface area (Å²) < 4.78 is 44.8. The summed E-state index contributed by atoms with van der Waals surface area (Å²) in [5.74, 6) is 1.14. The van der Waals surface area contributed by atoms with Crippen molar-refractivity contribution in [2.75, 3.05) is 44.2 Å². The first-order valence-corrected chi connectivity index (χ1v) is 10.7. The maximum absolute atomic E-state index is 13.0. The Morgan fingerprint density at radius 2 is 1.74 bits per heavy atom. The number of piperazine rings is 1. The minimum atomic E-state index is -4.34. The van der Waals surface area contributed by atoms with E-state index in [4.69, 9.17) is 4.74 Å². The lowest BCUT2D eigenvalue weighted by Gasteiger charge is -2.37. The average molecular weight is 437 g/mol. The molecule has 1 atom stereocenters. The summed E-state index contributed by atoms with van der Waals surface area (Å²) in [5.41, 5.74) is 2.18. The van der Waals surface area contributed by atoms with Crippen LogP contribution in [0.4, 0.5) is 18.9 Å². The lowest BCUT2D eigenvalue weighted by molar-refractivity contribution is -0.137. The Morgan fingerprint density at radius 3 is 2.39 bits per heavy atom. The largest absolute Gasteiger partial charge is 0.491 e. The quantitative estimate of drug-likeness (QED) is 0.683. The maximum Gasteiger partial charge on any atom is 0.416 e. The van der Waals surface area contributed by atoms with Crippen molar-refractivity contribution in [2.24, 2.45) is 0 Å². The van der Waals surface area contributed by atoms with Crippen LogP contribution in [0, 0.1) is 6.92 Å². The molecule has 0 amide bonds. The predicted octanol–water partition coefficient (Wildman–Crippen LogP) is 4.70. The molecule has 2 aromatic carbocycles. The van der Waals surface area contributed by atoms with Crippen LogP contribution in [0.3, 0.4) is 0 Å². The number of hydrogen-bond donors (Lipinski definition) is 1. The second kappa shape index (κ2) is 9.92. The van der Waals surface area contributed by atoms with Gasteiger partial charge in [0.2, 0.25) is 0 Å². The molecule has 0 aliphatic carbocycles. The van der Waals surface area contributed by atoms with Crippen molar-refractivity contribution in [1.82, 2.24) is 4.90 Å². The fraction of sp³-hybridized carbons (Fsp3) is 0.500. The van der Waals surface area contributed by atoms with E-state index in [2.05, 4.69) is 30.9 Å².